The summed E-state index contributed by atoms with van der Waals surface area (Å²) in [7, 11) is 0. The van der Waals surface area contributed by atoms with Crippen molar-refractivity contribution in [2.75, 3.05) is 19.9 Å². The molecule has 28 heavy (non-hydrogen) atoms. The van der Waals surface area contributed by atoms with Crippen molar-refractivity contribution in [2.24, 2.45) is 0 Å². The number of hydrogen-bond donors (Lipinski definition) is 1. The van der Waals surface area contributed by atoms with Gasteiger partial charge in [0.05, 0.1) is 12.7 Å². The van der Waals surface area contributed by atoms with Gasteiger partial charge in [-0.15, -0.1) is 0 Å². The summed E-state index contributed by atoms with van der Waals surface area (Å²) in [5, 5.41) is 10.0. The number of hydrogen-bond acceptors (Lipinski definition) is 5. The Morgan fingerprint density at radius 1 is 1.07 bits per heavy atom. The highest BCUT2D eigenvalue weighted by molar-refractivity contribution is 5.46. The molecule has 1 N–H and O–H groups in total. The van der Waals surface area contributed by atoms with E-state index >= 15 is 0 Å². The van der Waals surface area contributed by atoms with Crippen LogP contribution >= 0.6 is 0 Å². The van der Waals surface area contributed by atoms with Crippen molar-refractivity contribution in [3.63, 3.8) is 0 Å². The Balaban J connectivity index is 1.56. The molecule has 0 saturated carbocycles. The third-order valence-corrected chi connectivity index (χ3v) is 5.33. The second kappa shape index (κ2) is 8.41. The Morgan fingerprint density at radius 2 is 1.86 bits per heavy atom. The van der Waals surface area contributed by atoms with E-state index in [4.69, 9.17) is 14.2 Å². The second-order valence-electron chi connectivity index (χ2n) is 7.72. The van der Waals surface area contributed by atoms with E-state index in [9.17, 15) is 5.11 Å². The van der Waals surface area contributed by atoms with Crippen molar-refractivity contribution in [3.8, 4) is 17.2 Å². The van der Waals surface area contributed by atoms with Gasteiger partial charge in [0.15, 0.2) is 11.5 Å². The second-order valence-corrected chi connectivity index (χ2v) is 7.72. The fraction of sp³-hybridized carbons (Fsp3) is 0.478. The number of aliphatic hydroxyl groups excluding tert-OH is 1. The van der Waals surface area contributed by atoms with Crippen LogP contribution in [-0.4, -0.2) is 36.1 Å². The fourth-order valence-electron chi connectivity index (χ4n) is 4.16. The molecule has 1 unspecified atom stereocenters. The molecule has 0 amide bonds. The van der Waals surface area contributed by atoms with Crippen LogP contribution in [0.5, 0.6) is 17.2 Å². The first-order valence-corrected chi connectivity index (χ1v) is 10.2. The minimum Gasteiger partial charge on any atom is -0.494 e. The zero-order valence-electron chi connectivity index (χ0n) is 16.7. The first kappa shape index (κ1) is 19.1. The molecule has 0 bridgehead atoms. The molecule has 1 aliphatic carbocycles. The van der Waals surface area contributed by atoms with Gasteiger partial charge in [-0.25, -0.2) is 0 Å². The molecule has 5 nitrogen and oxygen atoms in total. The number of aliphatic hydroxyl groups is 1. The normalized spacial score (nSPS) is 15.7. The van der Waals surface area contributed by atoms with E-state index in [1.54, 1.807) is 0 Å². The Bertz CT molecular complexity index is 834. The van der Waals surface area contributed by atoms with E-state index in [2.05, 4.69) is 23.1 Å². The molecule has 1 atom stereocenters. The molecule has 2 aromatic rings. The maximum atomic E-state index is 10.0. The number of ether oxygens (including phenoxy) is 3. The SMILES string of the molecule is CCOc1cc2c(cc1CN(Cc1ccc3c(c1)OCO3)CC(C)O)CCC2. The first-order valence-electron chi connectivity index (χ1n) is 10.2. The minimum absolute atomic E-state index is 0.281. The van der Waals surface area contributed by atoms with Crippen molar-refractivity contribution in [1.29, 1.82) is 0 Å². The van der Waals surface area contributed by atoms with Crippen LogP contribution in [0.3, 0.4) is 0 Å². The summed E-state index contributed by atoms with van der Waals surface area (Å²) in [6, 6.07) is 10.6. The topological polar surface area (TPSA) is 51.2 Å². The van der Waals surface area contributed by atoms with Gasteiger partial charge in [0.2, 0.25) is 6.79 Å². The lowest BCUT2D eigenvalue weighted by Crippen LogP contribution is -2.30. The van der Waals surface area contributed by atoms with E-state index in [-0.39, 0.29) is 6.79 Å². The molecule has 0 radical (unpaired) electrons. The summed E-state index contributed by atoms with van der Waals surface area (Å²) in [5.74, 6) is 2.56. The maximum Gasteiger partial charge on any atom is 0.231 e. The van der Waals surface area contributed by atoms with E-state index in [1.165, 1.54) is 23.1 Å². The lowest BCUT2D eigenvalue weighted by molar-refractivity contribution is 0.117. The van der Waals surface area contributed by atoms with Gasteiger partial charge in [0, 0.05) is 25.2 Å². The Kier molecular flexibility index (Phi) is 5.74. The minimum atomic E-state index is -0.404. The number of fused-ring (bicyclic) bond motifs is 2. The molecule has 0 fully saturated rings. The Hall–Kier alpha value is -2.24. The van der Waals surface area contributed by atoms with Crippen LogP contribution in [0.25, 0.3) is 0 Å². The average Bonchev–Trinajstić information content (AvgIpc) is 3.29. The molecular formula is C23H29NO4. The third kappa shape index (κ3) is 4.26. The summed E-state index contributed by atoms with van der Waals surface area (Å²) < 4.78 is 16.9. The lowest BCUT2D eigenvalue weighted by Gasteiger charge is -2.25. The van der Waals surface area contributed by atoms with Gasteiger partial charge >= 0.3 is 0 Å². The van der Waals surface area contributed by atoms with Gasteiger partial charge in [-0.3, -0.25) is 4.90 Å². The quantitative estimate of drug-likeness (QED) is 0.754. The van der Waals surface area contributed by atoms with Gasteiger partial charge < -0.3 is 19.3 Å². The summed E-state index contributed by atoms with van der Waals surface area (Å²) in [5.41, 5.74) is 5.21. The van der Waals surface area contributed by atoms with E-state index < -0.39 is 6.10 Å². The van der Waals surface area contributed by atoms with Crippen LogP contribution in [-0.2, 0) is 25.9 Å². The van der Waals surface area contributed by atoms with Crippen molar-refractivity contribution in [2.45, 2.75) is 52.3 Å². The van der Waals surface area contributed by atoms with Crippen LogP contribution < -0.4 is 14.2 Å². The maximum absolute atomic E-state index is 10.0. The van der Waals surface area contributed by atoms with Gasteiger partial charge in [-0.2, -0.15) is 0 Å². The third-order valence-electron chi connectivity index (χ3n) is 5.33. The molecule has 0 aromatic heterocycles. The number of nitrogens with zero attached hydrogens (tertiary/aromatic N) is 1. The fourth-order valence-corrected chi connectivity index (χ4v) is 4.16. The van der Waals surface area contributed by atoms with Gasteiger partial charge in [-0.05, 0) is 68.0 Å². The molecule has 1 heterocycles. The molecule has 4 rings (SSSR count). The van der Waals surface area contributed by atoms with Crippen molar-refractivity contribution in [1.82, 2.24) is 4.90 Å². The molecular weight excluding hydrogens is 354 g/mol. The first-order chi connectivity index (χ1) is 13.6. The zero-order chi connectivity index (χ0) is 19.5. The van der Waals surface area contributed by atoms with E-state index in [0.29, 0.717) is 13.2 Å². The summed E-state index contributed by atoms with van der Waals surface area (Å²) in [6.45, 7) is 6.85. The van der Waals surface area contributed by atoms with Crippen molar-refractivity contribution in [3.05, 3.63) is 52.6 Å². The van der Waals surface area contributed by atoms with Crippen molar-refractivity contribution < 1.29 is 19.3 Å². The number of benzene rings is 2. The molecule has 0 spiro atoms. The highest BCUT2D eigenvalue weighted by Crippen LogP contribution is 2.34. The molecule has 1 aliphatic heterocycles. The summed E-state index contributed by atoms with van der Waals surface area (Å²) in [4.78, 5) is 2.27. The smallest absolute Gasteiger partial charge is 0.231 e. The summed E-state index contributed by atoms with van der Waals surface area (Å²) in [6.07, 6.45) is 3.11. The monoisotopic (exact) mass is 383 g/mol. The molecule has 2 aliphatic rings. The predicted molar refractivity (Wildman–Crippen MR) is 108 cm³/mol. The standard InChI is InChI=1S/C23H29NO4/c1-3-26-22-11-19-6-4-5-18(19)10-20(22)14-24(12-16(2)25)13-17-7-8-21-23(9-17)28-15-27-21/h7-11,16,25H,3-6,12-15H2,1-2H3. The predicted octanol–water partition coefficient (Wildman–Crippen LogP) is 3.69. The van der Waals surface area contributed by atoms with Crippen molar-refractivity contribution >= 4 is 0 Å². The van der Waals surface area contributed by atoms with Crippen LogP contribution in [0.15, 0.2) is 30.3 Å². The van der Waals surface area contributed by atoms with Crippen LogP contribution in [0, 0.1) is 0 Å². The molecule has 0 saturated heterocycles. The molecule has 5 heteroatoms. The van der Waals surface area contributed by atoms with Gasteiger partial charge in [0.25, 0.3) is 0 Å². The van der Waals surface area contributed by atoms with E-state index in [0.717, 1.165) is 48.7 Å². The largest absolute Gasteiger partial charge is 0.494 e. The van der Waals surface area contributed by atoms with Gasteiger partial charge in [-0.1, -0.05) is 12.1 Å². The highest BCUT2D eigenvalue weighted by atomic mass is 16.7. The Labute approximate surface area is 166 Å². The lowest BCUT2D eigenvalue weighted by atomic mass is 10.0. The molecule has 150 valence electrons. The highest BCUT2D eigenvalue weighted by Gasteiger charge is 2.19. The van der Waals surface area contributed by atoms with Gasteiger partial charge in [0.1, 0.15) is 5.75 Å². The number of aryl methyl sites for hydroxylation is 2. The number of rotatable bonds is 8. The van der Waals surface area contributed by atoms with E-state index in [1.807, 2.05) is 26.0 Å². The average molecular weight is 383 g/mol. The molecule has 2 aromatic carbocycles. The van der Waals surface area contributed by atoms with Crippen LogP contribution in [0.2, 0.25) is 0 Å². The van der Waals surface area contributed by atoms with Crippen LogP contribution in [0.4, 0.5) is 0 Å². The Morgan fingerprint density at radius 3 is 2.64 bits per heavy atom. The summed E-state index contributed by atoms with van der Waals surface area (Å²) >= 11 is 0. The zero-order valence-corrected chi connectivity index (χ0v) is 16.7. The van der Waals surface area contributed by atoms with Crippen LogP contribution in [0.1, 0.15) is 42.5 Å².